The van der Waals surface area contributed by atoms with Crippen molar-refractivity contribution in [2.45, 2.75) is 12.8 Å². The van der Waals surface area contributed by atoms with Crippen LogP contribution in [0.1, 0.15) is 23.2 Å². The smallest absolute Gasteiger partial charge is 0.312 e. The number of nitrogens with zero attached hydrogens (tertiary/aromatic N) is 2. The van der Waals surface area contributed by atoms with Crippen LogP contribution in [0.2, 0.25) is 0 Å². The van der Waals surface area contributed by atoms with Gasteiger partial charge >= 0.3 is 6.03 Å². The largest absolute Gasteiger partial charge is 0.352 e. The molecular weight excluding hydrogens is 263 g/mol. The number of likely N-dealkylation sites (tertiary alicyclic amines) is 1. The summed E-state index contributed by atoms with van der Waals surface area (Å²) in [7, 11) is 0. The highest BCUT2D eigenvalue weighted by Gasteiger charge is 2.26. The van der Waals surface area contributed by atoms with Crippen molar-refractivity contribution >= 4 is 11.9 Å². The number of hydrogen-bond donors (Lipinski definition) is 2. The van der Waals surface area contributed by atoms with Crippen molar-refractivity contribution < 1.29 is 14.0 Å². The number of pyridine rings is 1. The first-order valence-corrected chi connectivity index (χ1v) is 6.50. The maximum atomic E-state index is 13.6. The Labute approximate surface area is 116 Å². The molecule has 1 aliphatic rings. The Morgan fingerprint density at radius 1 is 1.55 bits per heavy atom. The number of amides is 3. The molecule has 3 N–H and O–H groups in total. The third kappa shape index (κ3) is 3.43. The lowest BCUT2D eigenvalue weighted by atomic mass is 9.97. The molecular formula is C13H17FN4O2. The molecule has 6 nitrogen and oxygen atoms in total. The summed E-state index contributed by atoms with van der Waals surface area (Å²) in [5.74, 6) is -0.811. The van der Waals surface area contributed by atoms with E-state index in [-0.39, 0.29) is 17.4 Å². The van der Waals surface area contributed by atoms with Crippen LogP contribution >= 0.6 is 0 Å². The van der Waals surface area contributed by atoms with Crippen LogP contribution < -0.4 is 11.1 Å². The summed E-state index contributed by atoms with van der Waals surface area (Å²) in [5.41, 5.74) is 5.06. The Balaban J connectivity index is 2.00. The number of urea groups is 1. The number of primary amides is 1. The van der Waals surface area contributed by atoms with E-state index in [4.69, 9.17) is 5.73 Å². The Bertz CT molecular complexity index is 509. The highest BCUT2D eigenvalue weighted by atomic mass is 19.1. The van der Waals surface area contributed by atoms with Gasteiger partial charge in [0.25, 0.3) is 5.91 Å². The number of nitrogens with one attached hydrogen (secondary N) is 1. The summed E-state index contributed by atoms with van der Waals surface area (Å²) in [6, 6.07) is 0.803. The van der Waals surface area contributed by atoms with Gasteiger partial charge in [-0.3, -0.25) is 9.78 Å². The van der Waals surface area contributed by atoms with Gasteiger partial charge in [0.2, 0.25) is 0 Å². The van der Waals surface area contributed by atoms with Gasteiger partial charge < -0.3 is 16.0 Å². The van der Waals surface area contributed by atoms with Crippen molar-refractivity contribution in [2.24, 2.45) is 11.7 Å². The Morgan fingerprint density at radius 2 is 2.35 bits per heavy atom. The molecule has 20 heavy (non-hydrogen) atoms. The van der Waals surface area contributed by atoms with Crippen LogP contribution in [0.25, 0.3) is 0 Å². The molecule has 1 aliphatic heterocycles. The first-order valence-electron chi connectivity index (χ1n) is 6.50. The molecule has 7 heteroatoms. The van der Waals surface area contributed by atoms with Crippen LogP contribution in [0, 0.1) is 11.7 Å². The van der Waals surface area contributed by atoms with Crippen LogP contribution in [0.3, 0.4) is 0 Å². The minimum atomic E-state index is -0.616. The van der Waals surface area contributed by atoms with Crippen molar-refractivity contribution in [1.82, 2.24) is 15.2 Å². The van der Waals surface area contributed by atoms with E-state index in [1.165, 1.54) is 12.3 Å². The van der Waals surface area contributed by atoms with Gasteiger partial charge in [-0.05, 0) is 24.8 Å². The monoisotopic (exact) mass is 280 g/mol. The highest BCUT2D eigenvalue weighted by Crippen LogP contribution is 2.19. The molecule has 0 spiro atoms. The number of piperidine rings is 1. The van der Waals surface area contributed by atoms with Crippen LogP contribution in [-0.2, 0) is 0 Å². The van der Waals surface area contributed by atoms with Gasteiger partial charge in [0, 0.05) is 25.8 Å². The van der Waals surface area contributed by atoms with E-state index < -0.39 is 11.8 Å². The molecule has 1 saturated heterocycles. The minimum Gasteiger partial charge on any atom is -0.352 e. The van der Waals surface area contributed by atoms with E-state index >= 15 is 0 Å². The van der Waals surface area contributed by atoms with Crippen LogP contribution in [0.5, 0.6) is 0 Å². The van der Waals surface area contributed by atoms with Crippen LogP contribution in [-0.4, -0.2) is 41.5 Å². The lowest BCUT2D eigenvalue weighted by Crippen LogP contribution is -2.44. The van der Waals surface area contributed by atoms with Crippen molar-refractivity contribution in [3.8, 4) is 0 Å². The molecule has 2 heterocycles. The average Bonchev–Trinajstić information content (AvgIpc) is 2.45. The Hall–Kier alpha value is -2.18. The first-order chi connectivity index (χ1) is 9.58. The number of nitrogens with two attached hydrogens (primary N) is 1. The summed E-state index contributed by atoms with van der Waals surface area (Å²) in [4.78, 5) is 28.2. The Morgan fingerprint density at radius 3 is 3.05 bits per heavy atom. The molecule has 1 unspecified atom stereocenters. The topological polar surface area (TPSA) is 88.3 Å². The normalized spacial score (nSPS) is 18.6. The molecule has 1 atom stereocenters. The number of rotatable bonds is 3. The van der Waals surface area contributed by atoms with E-state index in [2.05, 4.69) is 10.3 Å². The third-order valence-corrected chi connectivity index (χ3v) is 3.37. The summed E-state index contributed by atoms with van der Waals surface area (Å²) in [5, 5.41) is 2.54. The number of hydrogen-bond acceptors (Lipinski definition) is 3. The fourth-order valence-electron chi connectivity index (χ4n) is 2.38. The molecule has 0 bridgehead atoms. The Kier molecular flexibility index (Phi) is 4.49. The predicted molar refractivity (Wildman–Crippen MR) is 70.4 cm³/mol. The molecule has 0 radical (unpaired) electrons. The van der Waals surface area contributed by atoms with E-state index in [1.54, 1.807) is 4.90 Å². The van der Waals surface area contributed by atoms with E-state index in [0.717, 1.165) is 19.0 Å². The fourth-order valence-corrected chi connectivity index (χ4v) is 2.38. The van der Waals surface area contributed by atoms with Gasteiger partial charge in [0.05, 0.1) is 11.8 Å². The van der Waals surface area contributed by atoms with Crippen molar-refractivity contribution in [3.63, 3.8) is 0 Å². The van der Waals surface area contributed by atoms with Crippen LogP contribution in [0.15, 0.2) is 18.5 Å². The van der Waals surface area contributed by atoms with Gasteiger partial charge in [-0.25, -0.2) is 9.18 Å². The molecule has 0 aliphatic carbocycles. The fraction of sp³-hybridized carbons (Fsp3) is 0.462. The van der Waals surface area contributed by atoms with Crippen LogP contribution in [0.4, 0.5) is 9.18 Å². The lowest BCUT2D eigenvalue weighted by molar-refractivity contribution is 0.0670. The zero-order chi connectivity index (χ0) is 14.5. The molecule has 1 fully saturated rings. The summed E-state index contributed by atoms with van der Waals surface area (Å²) >= 11 is 0. The van der Waals surface area contributed by atoms with Gasteiger partial charge in [-0.15, -0.1) is 0 Å². The van der Waals surface area contributed by atoms with Crippen molar-refractivity contribution in [1.29, 1.82) is 0 Å². The maximum absolute atomic E-state index is 13.6. The van der Waals surface area contributed by atoms with Gasteiger partial charge in [0.1, 0.15) is 0 Å². The lowest BCUT2D eigenvalue weighted by Gasteiger charge is -2.32. The molecule has 3 amide bonds. The zero-order valence-corrected chi connectivity index (χ0v) is 11.0. The number of carbonyl (C=O) groups excluding carboxylic acids is 2. The van der Waals surface area contributed by atoms with Gasteiger partial charge in [-0.1, -0.05) is 0 Å². The average molecular weight is 280 g/mol. The number of carbonyl (C=O) groups is 2. The second-order valence-corrected chi connectivity index (χ2v) is 4.86. The molecule has 0 saturated carbocycles. The van der Waals surface area contributed by atoms with Gasteiger partial charge in [-0.2, -0.15) is 0 Å². The predicted octanol–water partition coefficient (Wildman–Crippen LogP) is 0.741. The summed E-state index contributed by atoms with van der Waals surface area (Å²) < 4.78 is 13.6. The molecule has 2 rings (SSSR count). The van der Waals surface area contributed by atoms with Crippen molar-refractivity contribution in [3.05, 3.63) is 29.8 Å². The van der Waals surface area contributed by atoms with E-state index in [9.17, 15) is 14.0 Å². The van der Waals surface area contributed by atoms with E-state index in [0.29, 0.717) is 19.6 Å². The zero-order valence-electron chi connectivity index (χ0n) is 11.0. The molecule has 1 aromatic rings. The SMILES string of the molecule is NC(=O)NCC1CCCN(C(=O)c2ccncc2F)C1. The summed E-state index contributed by atoms with van der Waals surface area (Å²) in [6.07, 6.45) is 4.15. The molecule has 1 aromatic heterocycles. The quantitative estimate of drug-likeness (QED) is 0.856. The highest BCUT2D eigenvalue weighted by molar-refractivity contribution is 5.94. The first kappa shape index (κ1) is 14.2. The molecule has 0 aromatic carbocycles. The third-order valence-electron chi connectivity index (χ3n) is 3.37. The second kappa shape index (κ2) is 6.31. The molecule has 108 valence electrons. The van der Waals surface area contributed by atoms with E-state index in [1.807, 2.05) is 0 Å². The standard InChI is InChI=1S/C13H17FN4O2/c14-11-7-16-4-3-10(11)12(19)18-5-1-2-9(8-18)6-17-13(15)20/h3-4,7,9H,1-2,5-6,8H2,(H3,15,17,20). The van der Waals surface area contributed by atoms with Crippen molar-refractivity contribution in [2.75, 3.05) is 19.6 Å². The number of halogens is 1. The second-order valence-electron chi connectivity index (χ2n) is 4.86. The van der Waals surface area contributed by atoms with Gasteiger partial charge in [0.15, 0.2) is 5.82 Å². The number of aromatic nitrogens is 1. The minimum absolute atomic E-state index is 0.0310. The maximum Gasteiger partial charge on any atom is 0.312 e. The summed E-state index contributed by atoms with van der Waals surface area (Å²) in [6.45, 7) is 1.51.